The first-order valence-corrected chi connectivity index (χ1v) is 12.3. The van der Waals surface area contributed by atoms with E-state index in [0.717, 1.165) is 16.9 Å². The normalized spacial score (nSPS) is 12.1. The fraction of sp³-hybridized carbons (Fsp3) is 0.391. The van der Waals surface area contributed by atoms with Gasteiger partial charge in [0, 0.05) is 0 Å². The molecule has 152 valence electrons. The zero-order valence-corrected chi connectivity index (χ0v) is 19.3. The van der Waals surface area contributed by atoms with Crippen molar-refractivity contribution in [3.63, 3.8) is 0 Å². The van der Waals surface area contributed by atoms with Crippen LogP contribution in [0.4, 0.5) is 0 Å². The number of methoxy groups -OCH3 is 3. The summed E-state index contributed by atoms with van der Waals surface area (Å²) in [5, 5.41) is 0.179. The van der Waals surface area contributed by atoms with E-state index in [-0.39, 0.29) is 5.04 Å². The van der Waals surface area contributed by atoms with E-state index in [9.17, 15) is 0 Å². The molecule has 0 amide bonds. The summed E-state index contributed by atoms with van der Waals surface area (Å²) < 4.78 is 22.5. The van der Waals surface area contributed by atoms with Crippen LogP contribution in [0.25, 0.3) is 12.2 Å². The van der Waals surface area contributed by atoms with Crippen molar-refractivity contribution in [3.05, 3.63) is 47.5 Å². The minimum Gasteiger partial charge on any atom is -0.544 e. The van der Waals surface area contributed by atoms with Gasteiger partial charge in [0.25, 0.3) is 0 Å². The van der Waals surface area contributed by atoms with Crippen molar-refractivity contribution in [2.45, 2.75) is 38.9 Å². The first-order valence-electron chi connectivity index (χ1n) is 9.38. The van der Waals surface area contributed by atoms with Crippen molar-refractivity contribution in [1.29, 1.82) is 0 Å². The van der Waals surface area contributed by atoms with Gasteiger partial charge in [-0.15, -0.1) is 0 Å². The molecule has 0 N–H and O–H groups in total. The van der Waals surface area contributed by atoms with Crippen molar-refractivity contribution in [1.82, 2.24) is 0 Å². The number of benzene rings is 2. The Morgan fingerprint density at radius 3 is 1.68 bits per heavy atom. The SMILES string of the molecule is COc1cc(/C=C/c2ccc(O[Si](C)(C)C(C)(C)C)cc2)cc(OC)c1OC. The smallest absolute Gasteiger partial charge is 0.250 e. The molecule has 0 aliphatic heterocycles. The van der Waals surface area contributed by atoms with Crippen LogP contribution < -0.4 is 18.6 Å². The number of ether oxygens (including phenoxy) is 3. The van der Waals surface area contributed by atoms with Crippen molar-refractivity contribution >= 4 is 20.5 Å². The van der Waals surface area contributed by atoms with Crippen LogP contribution in [0.15, 0.2) is 36.4 Å². The van der Waals surface area contributed by atoms with E-state index in [1.165, 1.54) is 0 Å². The van der Waals surface area contributed by atoms with Crippen LogP contribution in [-0.2, 0) is 0 Å². The summed E-state index contributed by atoms with van der Waals surface area (Å²) in [6.45, 7) is 11.2. The highest BCUT2D eigenvalue weighted by atomic mass is 28.4. The molecule has 0 radical (unpaired) electrons. The molecule has 0 heterocycles. The molecule has 2 aromatic carbocycles. The lowest BCUT2D eigenvalue weighted by Crippen LogP contribution is -2.43. The second-order valence-electron chi connectivity index (χ2n) is 8.22. The summed E-state index contributed by atoms with van der Waals surface area (Å²) in [4.78, 5) is 0. The topological polar surface area (TPSA) is 36.9 Å². The van der Waals surface area contributed by atoms with Crippen LogP contribution in [-0.4, -0.2) is 29.6 Å². The zero-order chi connectivity index (χ0) is 20.9. The largest absolute Gasteiger partial charge is 0.544 e. The fourth-order valence-electron chi connectivity index (χ4n) is 2.48. The summed E-state index contributed by atoms with van der Waals surface area (Å²) in [5.74, 6) is 2.80. The second-order valence-corrected chi connectivity index (χ2v) is 12.9. The van der Waals surface area contributed by atoms with E-state index in [2.05, 4.69) is 52.1 Å². The predicted molar refractivity (Wildman–Crippen MR) is 119 cm³/mol. The van der Waals surface area contributed by atoms with E-state index in [0.29, 0.717) is 17.2 Å². The Hall–Kier alpha value is -2.40. The highest BCUT2D eigenvalue weighted by molar-refractivity contribution is 6.74. The molecule has 0 spiro atoms. The van der Waals surface area contributed by atoms with Crippen molar-refractivity contribution in [2.75, 3.05) is 21.3 Å². The quantitative estimate of drug-likeness (QED) is 0.406. The third-order valence-electron chi connectivity index (χ3n) is 5.21. The summed E-state index contributed by atoms with van der Waals surface area (Å²) in [5.41, 5.74) is 2.06. The minimum absolute atomic E-state index is 0.179. The summed E-state index contributed by atoms with van der Waals surface area (Å²) >= 11 is 0. The lowest BCUT2D eigenvalue weighted by molar-refractivity contribution is 0.324. The average Bonchev–Trinajstić information content (AvgIpc) is 2.65. The van der Waals surface area contributed by atoms with Gasteiger partial charge in [0.1, 0.15) is 5.75 Å². The van der Waals surface area contributed by atoms with Gasteiger partial charge < -0.3 is 18.6 Å². The highest BCUT2D eigenvalue weighted by Gasteiger charge is 2.38. The van der Waals surface area contributed by atoms with Crippen LogP contribution in [0.3, 0.4) is 0 Å². The number of rotatable bonds is 7. The molecular formula is C23H32O4Si. The monoisotopic (exact) mass is 400 g/mol. The molecule has 0 unspecified atom stereocenters. The maximum atomic E-state index is 6.34. The molecule has 0 saturated heterocycles. The van der Waals surface area contributed by atoms with Gasteiger partial charge in [-0.1, -0.05) is 45.1 Å². The maximum Gasteiger partial charge on any atom is 0.250 e. The molecule has 4 nitrogen and oxygen atoms in total. The van der Waals surface area contributed by atoms with Crippen molar-refractivity contribution in [2.24, 2.45) is 0 Å². The Labute approximate surface area is 170 Å². The van der Waals surface area contributed by atoms with Gasteiger partial charge >= 0.3 is 0 Å². The van der Waals surface area contributed by atoms with Crippen LogP contribution in [0.2, 0.25) is 18.1 Å². The Morgan fingerprint density at radius 1 is 0.750 bits per heavy atom. The lowest BCUT2D eigenvalue weighted by atomic mass is 10.1. The first kappa shape index (κ1) is 21.9. The predicted octanol–water partition coefficient (Wildman–Crippen LogP) is 6.27. The van der Waals surface area contributed by atoms with Gasteiger partial charge in [-0.25, -0.2) is 0 Å². The van der Waals surface area contributed by atoms with Gasteiger partial charge in [-0.05, 0) is 53.5 Å². The van der Waals surface area contributed by atoms with Crippen LogP contribution in [0, 0.1) is 0 Å². The summed E-state index contributed by atoms with van der Waals surface area (Å²) in [6.07, 6.45) is 4.07. The van der Waals surface area contributed by atoms with Gasteiger partial charge in [0.15, 0.2) is 11.5 Å². The zero-order valence-electron chi connectivity index (χ0n) is 18.3. The van der Waals surface area contributed by atoms with E-state index < -0.39 is 8.32 Å². The van der Waals surface area contributed by atoms with E-state index in [4.69, 9.17) is 18.6 Å². The minimum atomic E-state index is -1.82. The molecular weight excluding hydrogens is 368 g/mol. The van der Waals surface area contributed by atoms with E-state index in [1.54, 1.807) is 21.3 Å². The third-order valence-corrected chi connectivity index (χ3v) is 9.57. The molecule has 5 heteroatoms. The molecule has 0 fully saturated rings. The molecule has 0 aliphatic carbocycles. The third kappa shape index (κ3) is 5.10. The Balaban J connectivity index is 2.19. The lowest BCUT2D eigenvalue weighted by Gasteiger charge is -2.36. The molecule has 0 saturated carbocycles. The van der Waals surface area contributed by atoms with Crippen LogP contribution in [0.1, 0.15) is 31.9 Å². The van der Waals surface area contributed by atoms with Gasteiger partial charge in [-0.3, -0.25) is 0 Å². The van der Waals surface area contributed by atoms with Crippen molar-refractivity contribution in [3.8, 4) is 23.0 Å². The molecule has 0 aromatic heterocycles. The van der Waals surface area contributed by atoms with E-state index in [1.807, 2.05) is 30.3 Å². The Bertz CT molecular complexity index is 792. The Morgan fingerprint density at radius 2 is 1.25 bits per heavy atom. The van der Waals surface area contributed by atoms with E-state index >= 15 is 0 Å². The second kappa shape index (κ2) is 8.74. The standard InChI is InChI=1S/C23H32O4Si/c1-23(2,3)28(7,8)27-19-13-11-17(12-14-19)9-10-18-15-20(24-4)22(26-6)21(16-18)25-5/h9-16H,1-8H3/b10-9+. The average molecular weight is 401 g/mol. The fourth-order valence-corrected chi connectivity index (χ4v) is 3.52. The molecule has 0 atom stereocenters. The first-order chi connectivity index (χ1) is 13.1. The van der Waals surface area contributed by atoms with Crippen molar-refractivity contribution < 1.29 is 18.6 Å². The maximum absolute atomic E-state index is 6.34. The summed E-state index contributed by atoms with van der Waals surface area (Å²) in [7, 11) is 3.01. The van der Waals surface area contributed by atoms with Gasteiger partial charge in [0.05, 0.1) is 21.3 Å². The number of hydrogen-bond acceptors (Lipinski definition) is 4. The number of hydrogen-bond donors (Lipinski definition) is 0. The molecule has 0 aliphatic rings. The highest BCUT2D eigenvalue weighted by Crippen LogP contribution is 2.39. The summed E-state index contributed by atoms with van der Waals surface area (Å²) in [6, 6.07) is 12.1. The van der Waals surface area contributed by atoms with Gasteiger partial charge in [0.2, 0.25) is 14.1 Å². The Kier molecular flexibility index (Phi) is 6.83. The van der Waals surface area contributed by atoms with Crippen LogP contribution in [0.5, 0.6) is 23.0 Å². The molecule has 2 aromatic rings. The molecule has 0 bridgehead atoms. The molecule has 28 heavy (non-hydrogen) atoms. The van der Waals surface area contributed by atoms with Gasteiger partial charge in [-0.2, -0.15) is 0 Å². The molecule has 2 rings (SSSR count). The van der Waals surface area contributed by atoms with Crippen LogP contribution >= 0.6 is 0 Å².